The lowest BCUT2D eigenvalue weighted by molar-refractivity contribution is -0.137. The molecule has 19 heavy (non-hydrogen) atoms. The second kappa shape index (κ2) is 7.00. The van der Waals surface area contributed by atoms with Gasteiger partial charge in [-0.1, -0.05) is 12.1 Å². The van der Waals surface area contributed by atoms with Gasteiger partial charge in [-0.15, -0.1) is 0 Å². The third kappa shape index (κ3) is 6.06. The van der Waals surface area contributed by atoms with E-state index in [4.69, 9.17) is 5.11 Å². The molecule has 0 aromatic heterocycles. The molecule has 0 radical (unpaired) electrons. The molecule has 1 aromatic carbocycles. The molecule has 0 aliphatic carbocycles. The summed E-state index contributed by atoms with van der Waals surface area (Å²) in [6.07, 6.45) is 0. The highest BCUT2D eigenvalue weighted by atomic mass is 16.4. The van der Waals surface area contributed by atoms with E-state index in [1.165, 1.54) is 0 Å². The van der Waals surface area contributed by atoms with Crippen LogP contribution in [0, 0.1) is 6.92 Å². The summed E-state index contributed by atoms with van der Waals surface area (Å²) in [5.74, 6) is -1.71. The molecule has 0 heterocycles. The Kier molecular flexibility index (Phi) is 5.34. The van der Waals surface area contributed by atoms with E-state index < -0.39 is 24.5 Å². The molecule has 0 saturated carbocycles. The molecule has 0 aliphatic rings. The molecular formula is C12H15N3O4. The number of rotatable bonds is 5. The monoisotopic (exact) mass is 265 g/mol. The van der Waals surface area contributed by atoms with Crippen LogP contribution in [-0.2, 0) is 9.59 Å². The van der Waals surface area contributed by atoms with Gasteiger partial charge in [0.2, 0.25) is 5.91 Å². The molecule has 4 N–H and O–H groups in total. The zero-order valence-electron chi connectivity index (χ0n) is 10.4. The van der Waals surface area contributed by atoms with Crippen molar-refractivity contribution in [3.8, 4) is 0 Å². The minimum absolute atomic E-state index is 0.287. The zero-order chi connectivity index (χ0) is 14.3. The van der Waals surface area contributed by atoms with E-state index in [1.54, 1.807) is 18.2 Å². The van der Waals surface area contributed by atoms with Gasteiger partial charge in [-0.3, -0.25) is 9.59 Å². The summed E-state index contributed by atoms with van der Waals surface area (Å²) in [5, 5.41) is 15.4. The van der Waals surface area contributed by atoms with E-state index in [-0.39, 0.29) is 6.54 Å². The number of urea groups is 1. The number of hydrogen-bond acceptors (Lipinski definition) is 3. The van der Waals surface area contributed by atoms with Gasteiger partial charge in [0.1, 0.15) is 6.54 Å². The van der Waals surface area contributed by atoms with Crippen molar-refractivity contribution in [3.05, 3.63) is 29.8 Å². The summed E-state index contributed by atoms with van der Waals surface area (Å²) in [4.78, 5) is 32.8. The van der Waals surface area contributed by atoms with Crippen LogP contribution in [0.5, 0.6) is 0 Å². The number of amides is 3. The second-order valence-corrected chi connectivity index (χ2v) is 3.85. The number of carboxylic acid groups (broad SMARTS) is 1. The summed E-state index contributed by atoms with van der Waals surface area (Å²) in [7, 11) is 0. The molecule has 1 rings (SSSR count). The minimum Gasteiger partial charge on any atom is -0.480 e. The van der Waals surface area contributed by atoms with E-state index in [2.05, 4.69) is 16.0 Å². The van der Waals surface area contributed by atoms with Crippen molar-refractivity contribution in [2.75, 3.05) is 18.4 Å². The normalized spacial score (nSPS) is 9.53. The fourth-order valence-electron chi connectivity index (χ4n) is 1.30. The number of carbonyl (C=O) groups excluding carboxylic acids is 2. The first kappa shape index (κ1) is 14.5. The lowest BCUT2D eigenvalue weighted by Gasteiger charge is -2.08. The average molecular weight is 265 g/mol. The van der Waals surface area contributed by atoms with Crippen LogP contribution in [0.4, 0.5) is 10.5 Å². The van der Waals surface area contributed by atoms with Crippen molar-refractivity contribution < 1.29 is 19.5 Å². The van der Waals surface area contributed by atoms with Crippen molar-refractivity contribution in [1.82, 2.24) is 10.6 Å². The maximum atomic E-state index is 11.4. The number of carbonyl (C=O) groups is 3. The fourth-order valence-corrected chi connectivity index (χ4v) is 1.30. The highest BCUT2D eigenvalue weighted by Gasteiger charge is 2.06. The van der Waals surface area contributed by atoms with Gasteiger partial charge in [-0.05, 0) is 24.6 Å². The van der Waals surface area contributed by atoms with Gasteiger partial charge in [0, 0.05) is 5.69 Å². The summed E-state index contributed by atoms with van der Waals surface area (Å²) < 4.78 is 0. The van der Waals surface area contributed by atoms with Crippen molar-refractivity contribution in [3.63, 3.8) is 0 Å². The molecule has 3 amide bonds. The first-order valence-corrected chi connectivity index (χ1v) is 5.57. The first-order valence-electron chi connectivity index (χ1n) is 5.57. The molecular weight excluding hydrogens is 250 g/mol. The number of hydrogen-bond donors (Lipinski definition) is 4. The fraction of sp³-hybridized carbons (Fsp3) is 0.250. The van der Waals surface area contributed by atoms with E-state index in [0.29, 0.717) is 5.69 Å². The van der Waals surface area contributed by atoms with E-state index in [9.17, 15) is 14.4 Å². The Balaban J connectivity index is 2.32. The summed E-state index contributed by atoms with van der Waals surface area (Å²) in [6.45, 7) is 1.13. The van der Waals surface area contributed by atoms with Crippen LogP contribution >= 0.6 is 0 Å². The van der Waals surface area contributed by atoms with Crippen LogP contribution in [0.15, 0.2) is 24.3 Å². The van der Waals surface area contributed by atoms with Gasteiger partial charge in [0.05, 0.1) is 6.54 Å². The molecule has 0 fully saturated rings. The molecule has 1 aromatic rings. The van der Waals surface area contributed by atoms with Crippen LogP contribution < -0.4 is 16.0 Å². The molecule has 102 valence electrons. The molecule has 7 heteroatoms. The molecule has 0 saturated heterocycles. The molecule has 7 nitrogen and oxygen atoms in total. The topological polar surface area (TPSA) is 108 Å². The number of benzene rings is 1. The van der Waals surface area contributed by atoms with Gasteiger partial charge in [0.25, 0.3) is 0 Å². The van der Waals surface area contributed by atoms with Gasteiger partial charge in [-0.2, -0.15) is 0 Å². The number of carboxylic acids is 1. The quantitative estimate of drug-likeness (QED) is 0.614. The summed E-state index contributed by atoms with van der Waals surface area (Å²) in [6, 6.07) is 6.66. The highest BCUT2D eigenvalue weighted by molar-refractivity contribution is 5.92. The molecule has 0 unspecified atom stereocenters. The van der Waals surface area contributed by atoms with Crippen LogP contribution in [0.25, 0.3) is 0 Å². The Morgan fingerprint density at radius 1 is 1.16 bits per heavy atom. The highest BCUT2D eigenvalue weighted by Crippen LogP contribution is 2.08. The van der Waals surface area contributed by atoms with Crippen LogP contribution in [-0.4, -0.2) is 36.1 Å². The Morgan fingerprint density at radius 2 is 1.89 bits per heavy atom. The van der Waals surface area contributed by atoms with Crippen molar-refractivity contribution in [2.24, 2.45) is 0 Å². The predicted octanol–water partition coefficient (Wildman–Crippen LogP) is 0.317. The Hall–Kier alpha value is -2.57. The van der Waals surface area contributed by atoms with Gasteiger partial charge in [-0.25, -0.2) is 4.79 Å². The molecule has 0 atom stereocenters. The number of aryl methyl sites for hydroxylation is 1. The van der Waals surface area contributed by atoms with E-state index >= 15 is 0 Å². The number of anilines is 1. The van der Waals surface area contributed by atoms with E-state index in [1.807, 2.05) is 13.0 Å². The first-order chi connectivity index (χ1) is 8.97. The van der Waals surface area contributed by atoms with Crippen molar-refractivity contribution in [2.45, 2.75) is 6.92 Å². The molecule has 0 spiro atoms. The van der Waals surface area contributed by atoms with Gasteiger partial charge >= 0.3 is 12.0 Å². The van der Waals surface area contributed by atoms with Crippen LogP contribution in [0.3, 0.4) is 0 Å². The number of nitrogens with one attached hydrogen (secondary N) is 3. The molecule has 0 aliphatic heterocycles. The van der Waals surface area contributed by atoms with Gasteiger partial charge < -0.3 is 21.1 Å². The maximum Gasteiger partial charge on any atom is 0.322 e. The van der Waals surface area contributed by atoms with Crippen LogP contribution in [0.1, 0.15) is 5.56 Å². The van der Waals surface area contributed by atoms with Crippen LogP contribution in [0.2, 0.25) is 0 Å². The Morgan fingerprint density at radius 3 is 2.53 bits per heavy atom. The lowest BCUT2D eigenvalue weighted by Crippen LogP contribution is -2.40. The molecule has 0 bridgehead atoms. The average Bonchev–Trinajstić information content (AvgIpc) is 2.34. The summed E-state index contributed by atoms with van der Waals surface area (Å²) in [5.41, 5.74) is 1.61. The largest absolute Gasteiger partial charge is 0.480 e. The second-order valence-electron chi connectivity index (χ2n) is 3.85. The SMILES string of the molecule is Cc1cccc(NC(=O)NCC(=O)NCC(=O)O)c1. The standard InChI is InChI=1S/C12H15N3O4/c1-8-3-2-4-9(5-8)15-12(19)14-6-10(16)13-7-11(17)18/h2-5H,6-7H2,1H3,(H,13,16)(H,17,18)(H2,14,15,19). The smallest absolute Gasteiger partial charge is 0.322 e. The van der Waals surface area contributed by atoms with Gasteiger partial charge in [0.15, 0.2) is 0 Å². The Labute approximate surface area is 110 Å². The Bertz CT molecular complexity index is 488. The van der Waals surface area contributed by atoms with Crippen molar-refractivity contribution >= 4 is 23.6 Å². The van der Waals surface area contributed by atoms with Crippen molar-refractivity contribution in [1.29, 1.82) is 0 Å². The van der Waals surface area contributed by atoms with E-state index in [0.717, 1.165) is 5.56 Å². The minimum atomic E-state index is -1.14. The summed E-state index contributed by atoms with van der Waals surface area (Å²) >= 11 is 0. The zero-order valence-corrected chi connectivity index (χ0v) is 10.4. The maximum absolute atomic E-state index is 11.4. The lowest BCUT2D eigenvalue weighted by atomic mass is 10.2. The third-order valence-corrected chi connectivity index (χ3v) is 2.12. The predicted molar refractivity (Wildman–Crippen MR) is 68.8 cm³/mol. The third-order valence-electron chi connectivity index (χ3n) is 2.12. The number of aliphatic carboxylic acids is 1.